The highest BCUT2D eigenvalue weighted by atomic mass is 16.5. The van der Waals surface area contributed by atoms with Gasteiger partial charge in [0.1, 0.15) is 0 Å². The van der Waals surface area contributed by atoms with Gasteiger partial charge in [-0.15, -0.1) is 0 Å². The standard InChI is InChI=1S/C17H22N2O5/c1-24-11-5-8-18(9-6-11)14-4-2-3-13-12(14)7-10-19(17(22)23)15(13)16(20)21/h2-4,11,15H,5-10H2,1H3,(H,20,21)(H,22,23). The summed E-state index contributed by atoms with van der Waals surface area (Å²) in [5.41, 5.74) is 2.57. The molecule has 1 atom stereocenters. The molecule has 0 aliphatic carbocycles. The molecule has 1 fully saturated rings. The van der Waals surface area contributed by atoms with Crippen molar-refractivity contribution in [3.63, 3.8) is 0 Å². The number of rotatable bonds is 3. The van der Waals surface area contributed by atoms with E-state index in [4.69, 9.17) is 4.74 Å². The highest BCUT2D eigenvalue weighted by molar-refractivity contribution is 5.83. The number of fused-ring (bicyclic) bond motifs is 1. The average Bonchev–Trinajstić information content (AvgIpc) is 2.60. The average molecular weight is 334 g/mol. The number of anilines is 1. The predicted octanol–water partition coefficient (Wildman–Crippen LogP) is 1.96. The Morgan fingerprint density at radius 1 is 1.17 bits per heavy atom. The van der Waals surface area contributed by atoms with Crippen LogP contribution in [0.15, 0.2) is 18.2 Å². The van der Waals surface area contributed by atoms with Crippen molar-refractivity contribution in [2.75, 3.05) is 31.6 Å². The van der Waals surface area contributed by atoms with Gasteiger partial charge in [-0.25, -0.2) is 9.59 Å². The van der Waals surface area contributed by atoms with Gasteiger partial charge in [-0.3, -0.25) is 4.90 Å². The number of nitrogens with zero attached hydrogens (tertiary/aromatic N) is 2. The molecule has 1 saturated heterocycles. The van der Waals surface area contributed by atoms with Crippen LogP contribution in [0.25, 0.3) is 0 Å². The SMILES string of the molecule is COC1CCN(c2cccc3c2CCN(C(=O)O)C3C(=O)O)CC1. The molecular weight excluding hydrogens is 312 g/mol. The van der Waals surface area contributed by atoms with Crippen LogP contribution in [0.2, 0.25) is 0 Å². The van der Waals surface area contributed by atoms with Crippen LogP contribution in [0.3, 0.4) is 0 Å². The Morgan fingerprint density at radius 3 is 2.46 bits per heavy atom. The van der Waals surface area contributed by atoms with Gasteiger partial charge in [0.15, 0.2) is 6.04 Å². The normalized spacial score (nSPS) is 21.5. The van der Waals surface area contributed by atoms with Crippen LogP contribution in [-0.2, 0) is 16.0 Å². The maximum Gasteiger partial charge on any atom is 0.408 e. The lowest BCUT2D eigenvalue weighted by molar-refractivity contribution is -0.143. The molecule has 1 unspecified atom stereocenters. The fourth-order valence-electron chi connectivity index (χ4n) is 3.75. The van der Waals surface area contributed by atoms with Crippen LogP contribution >= 0.6 is 0 Å². The van der Waals surface area contributed by atoms with Crippen molar-refractivity contribution in [3.05, 3.63) is 29.3 Å². The topological polar surface area (TPSA) is 90.3 Å². The highest BCUT2D eigenvalue weighted by Crippen LogP contribution is 2.36. The van der Waals surface area contributed by atoms with E-state index in [2.05, 4.69) is 4.90 Å². The second kappa shape index (κ2) is 6.68. The van der Waals surface area contributed by atoms with Gasteiger partial charge < -0.3 is 19.8 Å². The summed E-state index contributed by atoms with van der Waals surface area (Å²) in [5, 5.41) is 18.8. The lowest BCUT2D eigenvalue weighted by Crippen LogP contribution is -2.44. The van der Waals surface area contributed by atoms with Crippen molar-refractivity contribution in [1.82, 2.24) is 4.90 Å². The Morgan fingerprint density at radius 2 is 1.88 bits per heavy atom. The van der Waals surface area contributed by atoms with Crippen molar-refractivity contribution >= 4 is 17.7 Å². The number of methoxy groups -OCH3 is 1. The van der Waals surface area contributed by atoms with Crippen molar-refractivity contribution in [3.8, 4) is 0 Å². The first kappa shape index (κ1) is 16.6. The van der Waals surface area contributed by atoms with Crippen molar-refractivity contribution in [2.24, 2.45) is 0 Å². The summed E-state index contributed by atoms with van der Waals surface area (Å²) >= 11 is 0. The third kappa shape index (κ3) is 2.91. The molecule has 1 aromatic carbocycles. The fraction of sp³-hybridized carbons (Fsp3) is 0.529. The van der Waals surface area contributed by atoms with Crippen molar-refractivity contribution in [1.29, 1.82) is 0 Å². The Bertz CT molecular complexity index is 640. The minimum Gasteiger partial charge on any atom is -0.479 e. The van der Waals surface area contributed by atoms with Crippen LogP contribution in [0.5, 0.6) is 0 Å². The quantitative estimate of drug-likeness (QED) is 0.878. The zero-order valence-corrected chi connectivity index (χ0v) is 13.6. The lowest BCUT2D eigenvalue weighted by atomic mass is 9.90. The third-order valence-electron chi connectivity index (χ3n) is 4.99. The number of benzene rings is 1. The summed E-state index contributed by atoms with van der Waals surface area (Å²) in [6.45, 7) is 1.91. The van der Waals surface area contributed by atoms with E-state index in [1.807, 2.05) is 12.1 Å². The van der Waals surface area contributed by atoms with Gasteiger partial charge in [-0.2, -0.15) is 0 Å². The molecular formula is C17H22N2O5. The minimum atomic E-state index is -1.20. The van der Waals surface area contributed by atoms with Gasteiger partial charge in [0.05, 0.1) is 6.10 Å². The van der Waals surface area contributed by atoms with E-state index in [0.717, 1.165) is 42.1 Å². The molecule has 0 aromatic heterocycles. The van der Waals surface area contributed by atoms with Crippen LogP contribution in [-0.4, -0.2) is 60.0 Å². The summed E-state index contributed by atoms with van der Waals surface area (Å²) < 4.78 is 5.40. The molecule has 0 spiro atoms. The predicted molar refractivity (Wildman–Crippen MR) is 87.5 cm³/mol. The second-order valence-corrected chi connectivity index (χ2v) is 6.23. The third-order valence-corrected chi connectivity index (χ3v) is 4.99. The highest BCUT2D eigenvalue weighted by Gasteiger charge is 2.37. The molecule has 0 bridgehead atoms. The number of carbonyl (C=O) groups is 2. The van der Waals surface area contributed by atoms with Crippen LogP contribution in [0.4, 0.5) is 10.5 Å². The molecule has 0 radical (unpaired) electrons. The summed E-state index contributed by atoms with van der Waals surface area (Å²) in [6.07, 6.45) is 1.48. The van der Waals surface area contributed by atoms with E-state index >= 15 is 0 Å². The van der Waals surface area contributed by atoms with Gasteiger partial charge in [-0.1, -0.05) is 12.1 Å². The zero-order valence-electron chi connectivity index (χ0n) is 13.6. The summed E-state index contributed by atoms with van der Waals surface area (Å²) in [5.74, 6) is -1.13. The van der Waals surface area contributed by atoms with Crippen LogP contribution in [0, 0.1) is 0 Å². The summed E-state index contributed by atoms with van der Waals surface area (Å²) in [4.78, 5) is 26.3. The molecule has 2 aliphatic rings. The first-order valence-corrected chi connectivity index (χ1v) is 8.14. The first-order valence-electron chi connectivity index (χ1n) is 8.14. The van der Waals surface area contributed by atoms with Gasteiger partial charge in [0.25, 0.3) is 0 Å². The summed E-state index contributed by atoms with van der Waals surface area (Å²) in [7, 11) is 1.72. The monoisotopic (exact) mass is 334 g/mol. The lowest BCUT2D eigenvalue weighted by Gasteiger charge is -2.38. The smallest absolute Gasteiger partial charge is 0.408 e. The Kier molecular flexibility index (Phi) is 4.62. The van der Waals surface area contributed by atoms with Gasteiger partial charge >= 0.3 is 12.1 Å². The van der Waals surface area contributed by atoms with Crippen molar-refractivity contribution < 1.29 is 24.5 Å². The number of carboxylic acid groups (broad SMARTS) is 2. The molecule has 1 amide bonds. The van der Waals surface area contributed by atoms with E-state index in [1.165, 1.54) is 0 Å². The minimum absolute atomic E-state index is 0.199. The molecule has 7 nitrogen and oxygen atoms in total. The molecule has 1 aromatic rings. The van der Waals surface area contributed by atoms with Crippen LogP contribution in [0.1, 0.15) is 30.0 Å². The number of piperidine rings is 1. The Hall–Kier alpha value is -2.28. The molecule has 24 heavy (non-hydrogen) atoms. The fourth-order valence-corrected chi connectivity index (χ4v) is 3.75. The number of amides is 1. The van der Waals surface area contributed by atoms with E-state index in [-0.39, 0.29) is 12.6 Å². The largest absolute Gasteiger partial charge is 0.479 e. The molecule has 7 heteroatoms. The molecule has 2 heterocycles. The van der Waals surface area contributed by atoms with Gasteiger partial charge in [-0.05, 0) is 36.5 Å². The number of hydrogen-bond donors (Lipinski definition) is 2. The van der Waals surface area contributed by atoms with E-state index in [1.54, 1.807) is 13.2 Å². The maximum atomic E-state index is 11.7. The number of aliphatic carboxylic acids is 1. The zero-order chi connectivity index (χ0) is 17.3. The number of ether oxygens (including phenoxy) is 1. The van der Waals surface area contributed by atoms with Crippen molar-refractivity contribution in [2.45, 2.75) is 31.4 Å². The Labute approximate surface area is 140 Å². The number of hydrogen-bond acceptors (Lipinski definition) is 4. The molecule has 2 N–H and O–H groups in total. The first-order chi connectivity index (χ1) is 11.5. The Balaban J connectivity index is 1.93. The van der Waals surface area contributed by atoms with E-state index < -0.39 is 18.1 Å². The number of carboxylic acids is 1. The molecule has 0 saturated carbocycles. The summed E-state index contributed by atoms with van der Waals surface area (Å²) in [6, 6.07) is 4.41. The van der Waals surface area contributed by atoms with Crippen LogP contribution < -0.4 is 4.90 Å². The van der Waals surface area contributed by atoms with Gasteiger partial charge in [0, 0.05) is 32.4 Å². The molecule has 130 valence electrons. The van der Waals surface area contributed by atoms with E-state index in [9.17, 15) is 19.8 Å². The van der Waals surface area contributed by atoms with Gasteiger partial charge in [0.2, 0.25) is 0 Å². The second-order valence-electron chi connectivity index (χ2n) is 6.23. The molecule has 3 rings (SSSR count). The van der Waals surface area contributed by atoms with E-state index in [0.29, 0.717) is 12.0 Å². The maximum absolute atomic E-state index is 11.7. The molecule has 2 aliphatic heterocycles.